The van der Waals surface area contributed by atoms with Crippen LogP contribution in [-0.4, -0.2) is 13.9 Å². The Balaban J connectivity index is 1.63. The maximum atomic E-state index is 6.50. The van der Waals surface area contributed by atoms with E-state index in [0.29, 0.717) is 11.3 Å². The highest BCUT2D eigenvalue weighted by atomic mass is 79.9. The van der Waals surface area contributed by atoms with Gasteiger partial charge in [-0.3, -0.25) is 0 Å². The van der Waals surface area contributed by atoms with Crippen molar-refractivity contribution in [3.05, 3.63) is 22.7 Å². The Morgan fingerprint density at radius 1 is 1.31 bits per heavy atom. The lowest BCUT2D eigenvalue weighted by Gasteiger charge is -2.44. The first kappa shape index (κ1) is 20.9. The molecule has 2 fully saturated rings. The molecule has 0 N–H and O–H groups in total. The number of fused-ring (bicyclic) bond motifs is 1. The molecule has 2 saturated carbocycles. The molecule has 3 aliphatic carbocycles. The fourth-order valence-corrected chi connectivity index (χ4v) is 8.82. The van der Waals surface area contributed by atoms with Gasteiger partial charge in [-0.1, -0.05) is 47.5 Å². The summed E-state index contributed by atoms with van der Waals surface area (Å²) in [5.41, 5.74) is 2.19. The van der Waals surface area contributed by atoms with Crippen LogP contribution in [0.5, 0.6) is 0 Å². The summed E-state index contributed by atoms with van der Waals surface area (Å²) in [6, 6.07) is 0. The number of halogens is 1. The van der Waals surface area contributed by atoms with Crippen molar-refractivity contribution in [1.29, 1.82) is 0 Å². The van der Waals surface area contributed by atoms with Crippen molar-refractivity contribution in [2.24, 2.45) is 29.1 Å². The summed E-state index contributed by atoms with van der Waals surface area (Å²) < 4.78 is 6.50. The largest absolute Gasteiger partial charge is 0.409 e. The van der Waals surface area contributed by atoms with Gasteiger partial charge in [-0.05, 0) is 106 Å². The standard InChI is InChI=1S/C23H39BrOSi/c1-17(14-18-11-13-22(2,15-18)25-26(4,5)6)20-9-10-21-19(16-24)8-7-12-23(20,21)3/h11,13,16-18,20-21H,7-10,12,14-15H2,1-6H3/t17-,18-,20-,21?,22-,23-/m1/s1. The third kappa shape index (κ3) is 4.25. The topological polar surface area (TPSA) is 9.23 Å². The van der Waals surface area contributed by atoms with Crippen LogP contribution in [0.25, 0.3) is 0 Å². The van der Waals surface area contributed by atoms with Crippen molar-refractivity contribution in [2.75, 3.05) is 0 Å². The summed E-state index contributed by atoms with van der Waals surface area (Å²) >= 11 is 3.65. The minimum absolute atomic E-state index is 0.0202. The lowest BCUT2D eigenvalue weighted by Crippen LogP contribution is -2.39. The summed E-state index contributed by atoms with van der Waals surface area (Å²) in [4.78, 5) is 2.25. The van der Waals surface area contributed by atoms with Gasteiger partial charge in [0.2, 0.25) is 0 Å². The molecular weight excluding hydrogens is 400 g/mol. The van der Waals surface area contributed by atoms with Gasteiger partial charge in [-0.25, -0.2) is 0 Å². The summed E-state index contributed by atoms with van der Waals surface area (Å²) in [5.74, 6) is 3.21. The normalized spacial score (nSPS) is 43.0. The summed E-state index contributed by atoms with van der Waals surface area (Å²) in [6.45, 7) is 14.4. The molecule has 0 spiro atoms. The lowest BCUT2D eigenvalue weighted by atomic mass is 9.61. The van der Waals surface area contributed by atoms with Crippen molar-refractivity contribution < 1.29 is 4.43 Å². The molecule has 3 aliphatic rings. The molecule has 6 atom stereocenters. The van der Waals surface area contributed by atoms with Crippen LogP contribution < -0.4 is 0 Å². The highest BCUT2D eigenvalue weighted by molar-refractivity contribution is 9.11. The lowest BCUT2D eigenvalue weighted by molar-refractivity contribution is 0.0811. The molecular formula is C23H39BrOSi. The Hall–Kier alpha value is 0.137. The molecule has 0 radical (unpaired) electrons. The van der Waals surface area contributed by atoms with E-state index in [1.807, 2.05) is 0 Å². The maximum absolute atomic E-state index is 6.50. The first-order valence-corrected chi connectivity index (χ1v) is 15.1. The van der Waals surface area contributed by atoms with Crippen LogP contribution in [0.1, 0.15) is 65.7 Å². The molecule has 0 aromatic carbocycles. The van der Waals surface area contributed by atoms with E-state index in [2.05, 4.69) is 73.5 Å². The van der Waals surface area contributed by atoms with E-state index in [1.54, 1.807) is 5.57 Å². The molecule has 148 valence electrons. The van der Waals surface area contributed by atoms with Crippen LogP contribution in [0.3, 0.4) is 0 Å². The molecule has 1 unspecified atom stereocenters. The maximum Gasteiger partial charge on any atom is 0.184 e. The van der Waals surface area contributed by atoms with Crippen molar-refractivity contribution >= 4 is 24.2 Å². The van der Waals surface area contributed by atoms with Gasteiger partial charge in [0.15, 0.2) is 8.32 Å². The van der Waals surface area contributed by atoms with Crippen molar-refractivity contribution in [3.63, 3.8) is 0 Å². The number of allylic oxidation sites excluding steroid dienone is 2. The Labute approximate surface area is 171 Å². The number of rotatable bonds is 5. The fraction of sp³-hybridized carbons (Fsp3) is 0.826. The second-order valence-electron chi connectivity index (χ2n) is 10.8. The Bertz CT molecular complexity index is 577. The Morgan fingerprint density at radius 3 is 2.69 bits per heavy atom. The van der Waals surface area contributed by atoms with Crippen LogP contribution >= 0.6 is 15.9 Å². The minimum atomic E-state index is -1.50. The Morgan fingerprint density at radius 2 is 2.04 bits per heavy atom. The molecule has 0 aromatic heterocycles. The van der Waals surface area contributed by atoms with E-state index < -0.39 is 8.32 Å². The van der Waals surface area contributed by atoms with Gasteiger partial charge < -0.3 is 4.43 Å². The zero-order valence-corrected chi connectivity index (χ0v) is 20.4. The van der Waals surface area contributed by atoms with Crippen LogP contribution in [0.4, 0.5) is 0 Å². The highest BCUT2D eigenvalue weighted by Crippen LogP contribution is 2.60. The zero-order chi connectivity index (χ0) is 19.2. The van der Waals surface area contributed by atoms with Crippen LogP contribution in [0.15, 0.2) is 22.7 Å². The first-order valence-electron chi connectivity index (χ1n) is 10.7. The molecule has 1 nitrogen and oxygen atoms in total. The van der Waals surface area contributed by atoms with Gasteiger partial charge >= 0.3 is 0 Å². The molecule has 0 bridgehead atoms. The molecule has 0 aliphatic heterocycles. The van der Waals surface area contributed by atoms with E-state index >= 15 is 0 Å². The van der Waals surface area contributed by atoms with Gasteiger partial charge in [-0.2, -0.15) is 0 Å². The van der Waals surface area contributed by atoms with Crippen molar-refractivity contribution in [1.82, 2.24) is 0 Å². The van der Waals surface area contributed by atoms with Crippen molar-refractivity contribution in [3.8, 4) is 0 Å². The quantitative estimate of drug-likeness (QED) is 0.315. The van der Waals surface area contributed by atoms with E-state index in [1.165, 1.54) is 44.9 Å². The van der Waals surface area contributed by atoms with Gasteiger partial charge in [0.05, 0.1) is 5.60 Å². The molecule has 26 heavy (non-hydrogen) atoms. The van der Waals surface area contributed by atoms with E-state index in [0.717, 1.165) is 17.8 Å². The number of hydrogen-bond acceptors (Lipinski definition) is 1. The fourth-order valence-electron chi connectivity index (χ4n) is 6.72. The van der Waals surface area contributed by atoms with Gasteiger partial charge in [0.25, 0.3) is 0 Å². The van der Waals surface area contributed by atoms with Gasteiger partial charge in [0.1, 0.15) is 0 Å². The molecule has 0 saturated heterocycles. The second kappa shape index (κ2) is 7.52. The van der Waals surface area contributed by atoms with Crippen LogP contribution in [0, 0.1) is 29.1 Å². The number of hydrogen-bond donors (Lipinski definition) is 0. The predicted octanol–water partition coefficient (Wildman–Crippen LogP) is 7.69. The second-order valence-corrected chi connectivity index (χ2v) is 15.7. The third-order valence-electron chi connectivity index (χ3n) is 7.47. The molecule has 0 aromatic rings. The smallest absolute Gasteiger partial charge is 0.184 e. The summed E-state index contributed by atoms with van der Waals surface area (Å²) in [7, 11) is -1.50. The van der Waals surface area contributed by atoms with E-state index in [4.69, 9.17) is 4.43 Å². The SMILES string of the molecule is C[C@H](C[C@H]1C=C[C@@](C)(O[Si](C)(C)C)C1)[C@H]1CCC2C(=CBr)CCC[C@@]21C. The summed E-state index contributed by atoms with van der Waals surface area (Å²) in [5, 5.41) is 0. The zero-order valence-electron chi connectivity index (χ0n) is 17.8. The van der Waals surface area contributed by atoms with Gasteiger partial charge in [0, 0.05) is 0 Å². The molecule has 0 amide bonds. The van der Waals surface area contributed by atoms with E-state index in [9.17, 15) is 0 Å². The highest BCUT2D eigenvalue weighted by Gasteiger charge is 2.51. The van der Waals surface area contributed by atoms with Crippen molar-refractivity contribution in [2.45, 2.75) is 91.0 Å². The van der Waals surface area contributed by atoms with Crippen LogP contribution in [-0.2, 0) is 4.43 Å². The Kier molecular flexibility index (Phi) is 6.03. The summed E-state index contributed by atoms with van der Waals surface area (Å²) in [6.07, 6.45) is 14.3. The first-order chi connectivity index (χ1) is 12.1. The average Bonchev–Trinajstić information content (AvgIpc) is 3.04. The molecule has 3 heteroatoms. The molecule has 3 rings (SSSR count). The average molecular weight is 440 g/mol. The monoisotopic (exact) mass is 438 g/mol. The van der Waals surface area contributed by atoms with E-state index in [-0.39, 0.29) is 5.60 Å². The third-order valence-corrected chi connectivity index (χ3v) is 9.13. The minimum Gasteiger partial charge on any atom is -0.409 e. The predicted molar refractivity (Wildman–Crippen MR) is 119 cm³/mol. The van der Waals surface area contributed by atoms with Gasteiger partial charge in [-0.15, -0.1) is 0 Å². The van der Waals surface area contributed by atoms with Crippen LogP contribution in [0.2, 0.25) is 19.6 Å². The molecule has 0 heterocycles.